The molecule has 1 aliphatic rings. The van der Waals surface area contributed by atoms with Gasteiger partial charge >= 0.3 is 12.3 Å². The maximum absolute atomic E-state index is 11.4. The number of cyclic esters (lactones) is 4. The Bertz CT molecular complexity index is 313. The van der Waals surface area contributed by atoms with Crippen LogP contribution in [-0.2, 0) is 18.9 Å². The van der Waals surface area contributed by atoms with Gasteiger partial charge in [-0.1, -0.05) is 57.8 Å². The topological polar surface area (TPSA) is 71.1 Å². The third kappa shape index (κ3) is 14.6. The molecule has 1 rings (SSSR count). The summed E-state index contributed by atoms with van der Waals surface area (Å²) in [7, 11) is 0. The maximum atomic E-state index is 11.4. The molecule has 0 aromatic carbocycles. The van der Waals surface area contributed by atoms with E-state index >= 15 is 0 Å². The van der Waals surface area contributed by atoms with Gasteiger partial charge in [-0.3, -0.25) is 0 Å². The lowest BCUT2D eigenvalue weighted by Gasteiger charge is -2.06. The van der Waals surface area contributed by atoms with E-state index in [0.29, 0.717) is 26.4 Å². The molecule has 0 aromatic heterocycles. The molecule has 0 aliphatic carbocycles. The Labute approximate surface area is 151 Å². The number of rotatable bonds is 0. The van der Waals surface area contributed by atoms with Crippen LogP contribution in [0.2, 0.25) is 0 Å². The Morgan fingerprint density at radius 3 is 0.800 bits per heavy atom. The van der Waals surface area contributed by atoms with E-state index in [1.807, 2.05) is 0 Å². The number of hydrogen-bond acceptors (Lipinski definition) is 6. The Morgan fingerprint density at radius 1 is 0.360 bits per heavy atom. The van der Waals surface area contributed by atoms with Crippen molar-refractivity contribution in [1.29, 1.82) is 0 Å². The van der Waals surface area contributed by atoms with Gasteiger partial charge in [-0.05, 0) is 25.7 Å². The average Bonchev–Trinajstić information content (AvgIpc) is 2.60. The lowest BCUT2D eigenvalue weighted by Crippen LogP contribution is -2.10. The van der Waals surface area contributed by atoms with Crippen molar-refractivity contribution < 1.29 is 28.5 Å². The average molecular weight is 358 g/mol. The molecule has 0 saturated carbocycles. The second-order valence-electron chi connectivity index (χ2n) is 6.49. The van der Waals surface area contributed by atoms with Crippen molar-refractivity contribution in [2.75, 3.05) is 26.4 Å². The highest BCUT2D eigenvalue weighted by molar-refractivity contribution is 5.60. The molecule has 0 atom stereocenters. The molecule has 6 nitrogen and oxygen atoms in total. The zero-order valence-electron chi connectivity index (χ0n) is 15.5. The molecule has 0 aromatic rings. The Hall–Kier alpha value is -1.46. The summed E-state index contributed by atoms with van der Waals surface area (Å²) in [6.45, 7) is 1.71. The highest BCUT2D eigenvalue weighted by atomic mass is 16.7. The fraction of sp³-hybridized carbons (Fsp3) is 0.895. The van der Waals surface area contributed by atoms with Crippen molar-refractivity contribution in [3.05, 3.63) is 0 Å². The normalized spacial score (nSPS) is 21.9. The fourth-order valence-electron chi connectivity index (χ4n) is 2.70. The number of ether oxygens (including phenoxy) is 4. The Kier molecular flexibility index (Phi) is 13.8. The predicted molar refractivity (Wildman–Crippen MR) is 94.6 cm³/mol. The number of carbonyl (C=O) groups is 2. The van der Waals surface area contributed by atoms with E-state index in [4.69, 9.17) is 18.9 Å². The molecule has 0 bridgehead atoms. The lowest BCUT2D eigenvalue weighted by atomic mass is 10.1. The van der Waals surface area contributed by atoms with Gasteiger partial charge in [0, 0.05) is 0 Å². The highest BCUT2D eigenvalue weighted by Crippen LogP contribution is 2.09. The minimum absolute atomic E-state index is 0.404. The van der Waals surface area contributed by atoms with Gasteiger partial charge in [0.05, 0.1) is 26.4 Å². The van der Waals surface area contributed by atoms with Gasteiger partial charge in [-0.2, -0.15) is 0 Å². The largest absolute Gasteiger partial charge is 0.508 e. The van der Waals surface area contributed by atoms with Crippen molar-refractivity contribution in [2.45, 2.75) is 83.5 Å². The lowest BCUT2D eigenvalue weighted by molar-refractivity contribution is 0.0527. The number of hydrogen-bond donors (Lipinski definition) is 0. The fourth-order valence-corrected chi connectivity index (χ4v) is 2.70. The first-order valence-corrected chi connectivity index (χ1v) is 9.88. The van der Waals surface area contributed by atoms with Crippen LogP contribution in [0.25, 0.3) is 0 Å². The quantitative estimate of drug-likeness (QED) is 0.542. The van der Waals surface area contributed by atoms with Gasteiger partial charge in [-0.25, -0.2) is 9.59 Å². The van der Waals surface area contributed by atoms with Gasteiger partial charge in [0.2, 0.25) is 0 Å². The minimum Gasteiger partial charge on any atom is -0.434 e. The molecule has 1 heterocycles. The van der Waals surface area contributed by atoms with Crippen molar-refractivity contribution >= 4 is 12.3 Å². The standard InChI is InChI=1S/C19H34O6/c20-18-22-14-10-6-3-1-2-4-7-11-15-23-19(21)25-17-13-9-5-8-12-16-24-18/h1-17H2. The smallest absolute Gasteiger partial charge is 0.434 e. The molecular formula is C19H34O6. The molecule has 0 amide bonds. The van der Waals surface area contributed by atoms with Crippen molar-refractivity contribution in [3.63, 3.8) is 0 Å². The van der Waals surface area contributed by atoms with Crippen LogP contribution in [0.3, 0.4) is 0 Å². The molecule has 1 saturated heterocycles. The van der Waals surface area contributed by atoms with Crippen LogP contribution in [0.4, 0.5) is 9.59 Å². The summed E-state index contributed by atoms with van der Waals surface area (Å²) in [6, 6.07) is 0. The highest BCUT2D eigenvalue weighted by Gasteiger charge is 2.05. The van der Waals surface area contributed by atoms with Crippen molar-refractivity contribution in [3.8, 4) is 0 Å². The van der Waals surface area contributed by atoms with Crippen LogP contribution in [0.1, 0.15) is 83.5 Å². The van der Waals surface area contributed by atoms with Gasteiger partial charge < -0.3 is 18.9 Å². The van der Waals surface area contributed by atoms with Crippen LogP contribution < -0.4 is 0 Å². The maximum Gasteiger partial charge on any atom is 0.508 e. The van der Waals surface area contributed by atoms with E-state index in [1.54, 1.807) is 0 Å². The zero-order valence-corrected chi connectivity index (χ0v) is 15.5. The van der Waals surface area contributed by atoms with Crippen LogP contribution in [0.5, 0.6) is 0 Å². The molecule has 1 aliphatic heterocycles. The summed E-state index contributed by atoms with van der Waals surface area (Å²) in [4.78, 5) is 22.8. The Morgan fingerprint density at radius 2 is 0.560 bits per heavy atom. The van der Waals surface area contributed by atoms with Crippen molar-refractivity contribution in [1.82, 2.24) is 0 Å². The molecule has 1 fully saturated rings. The molecular weight excluding hydrogens is 324 g/mol. The van der Waals surface area contributed by atoms with Gasteiger partial charge in [0.25, 0.3) is 0 Å². The molecule has 146 valence electrons. The number of carbonyl (C=O) groups excluding carboxylic acids is 2. The van der Waals surface area contributed by atoms with Crippen molar-refractivity contribution in [2.24, 2.45) is 0 Å². The van der Waals surface area contributed by atoms with Crippen LogP contribution in [0, 0.1) is 0 Å². The van der Waals surface area contributed by atoms with E-state index in [2.05, 4.69) is 0 Å². The first-order chi connectivity index (χ1) is 12.3. The zero-order chi connectivity index (χ0) is 18.0. The van der Waals surface area contributed by atoms with Crippen LogP contribution >= 0.6 is 0 Å². The van der Waals surface area contributed by atoms with Gasteiger partial charge in [0.15, 0.2) is 0 Å². The molecule has 0 spiro atoms. The predicted octanol–water partition coefficient (Wildman–Crippen LogP) is 5.38. The molecule has 25 heavy (non-hydrogen) atoms. The van der Waals surface area contributed by atoms with E-state index in [0.717, 1.165) is 70.6 Å². The second-order valence-corrected chi connectivity index (χ2v) is 6.49. The monoisotopic (exact) mass is 358 g/mol. The molecule has 6 heteroatoms. The van der Waals surface area contributed by atoms with Gasteiger partial charge in [-0.15, -0.1) is 0 Å². The van der Waals surface area contributed by atoms with E-state index in [1.165, 1.54) is 12.8 Å². The van der Waals surface area contributed by atoms with Crippen LogP contribution in [0.15, 0.2) is 0 Å². The third-order valence-electron chi connectivity index (χ3n) is 4.21. The summed E-state index contributed by atoms with van der Waals surface area (Å²) in [5.41, 5.74) is 0. The third-order valence-corrected chi connectivity index (χ3v) is 4.21. The first kappa shape index (κ1) is 21.6. The van der Waals surface area contributed by atoms with E-state index < -0.39 is 12.3 Å². The molecule has 0 N–H and O–H groups in total. The van der Waals surface area contributed by atoms with Gasteiger partial charge in [0.1, 0.15) is 0 Å². The summed E-state index contributed by atoms with van der Waals surface area (Å²) in [5.74, 6) is 0. The van der Waals surface area contributed by atoms with E-state index in [9.17, 15) is 9.59 Å². The Balaban J connectivity index is 2.16. The minimum atomic E-state index is -0.551. The summed E-state index contributed by atoms with van der Waals surface area (Å²) in [5, 5.41) is 0. The van der Waals surface area contributed by atoms with Crippen LogP contribution in [-0.4, -0.2) is 38.7 Å². The SMILES string of the molecule is O=C1OCCCCCCCCCCOC(=O)OCCCCCCCO1. The summed E-state index contributed by atoms with van der Waals surface area (Å²) in [6.07, 6.45) is 12.2. The summed E-state index contributed by atoms with van der Waals surface area (Å²) < 4.78 is 20.2. The molecule has 0 unspecified atom stereocenters. The molecule has 0 radical (unpaired) electrons. The summed E-state index contributed by atoms with van der Waals surface area (Å²) >= 11 is 0. The van der Waals surface area contributed by atoms with E-state index in [-0.39, 0.29) is 0 Å². The second kappa shape index (κ2) is 16.0. The first-order valence-electron chi connectivity index (χ1n) is 9.88.